The number of benzene rings is 1. The van der Waals surface area contributed by atoms with Gasteiger partial charge in [-0.1, -0.05) is 24.3 Å². The van der Waals surface area contributed by atoms with Crippen LogP contribution in [-0.4, -0.2) is 27.8 Å². The maximum absolute atomic E-state index is 4.28. The zero-order valence-corrected chi connectivity index (χ0v) is 18.0. The summed E-state index contributed by atoms with van der Waals surface area (Å²) in [5.74, 6) is 0.799. The zero-order chi connectivity index (χ0) is 17.5. The lowest BCUT2D eigenvalue weighted by molar-refractivity contribution is 0.683. The highest BCUT2D eigenvalue weighted by Crippen LogP contribution is 2.14. The highest BCUT2D eigenvalue weighted by atomic mass is 127. The first-order chi connectivity index (χ1) is 12.2. The van der Waals surface area contributed by atoms with Gasteiger partial charge in [0.25, 0.3) is 0 Å². The van der Waals surface area contributed by atoms with Crippen molar-refractivity contribution in [3.63, 3.8) is 0 Å². The van der Waals surface area contributed by atoms with Gasteiger partial charge >= 0.3 is 0 Å². The van der Waals surface area contributed by atoms with E-state index in [-0.39, 0.29) is 24.0 Å². The highest BCUT2D eigenvalue weighted by molar-refractivity contribution is 14.0. The smallest absolute Gasteiger partial charge is 0.191 e. The van der Waals surface area contributed by atoms with Crippen LogP contribution in [-0.2, 0) is 19.6 Å². The molecule has 8 heteroatoms. The van der Waals surface area contributed by atoms with E-state index in [0.717, 1.165) is 19.0 Å². The largest absolute Gasteiger partial charge is 0.352 e. The van der Waals surface area contributed by atoms with Crippen LogP contribution in [0.15, 0.2) is 54.0 Å². The summed E-state index contributed by atoms with van der Waals surface area (Å²) in [6.07, 6.45) is 3.28. The van der Waals surface area contributed by atoms with Crippen molar-refractivity contribution in [2.75, 3.05) is 7.05 Å². The summed E-state index contributed by atoms with van der Waals surface area (Å²) in [4.78, 5) is 10.9. The fourth-order valence-electron chi connectivity index (χ4n) is 2.50. The van der Waals surface area contributed by atoms with Crippen LogP contribution < -0.4 is 10.6 Å². The van der Waals surface area contributed by atoms with E-state index in [1.54, 1.807) is 31.0 Å². The monoisotopic (exact) mass is 482 g/mol. The Morgan fingerprint density at radius 3 is 2.65 bits per heavy atom. The molecule has 0 unspecified atom stereocenters. The molecule has 0 saturated carbocycles. The van der Waals surface area contributed by atoms with Gasteiger partial charge in [-0.3, -0.25) is 4.99 Å². The van der Waals surface area contributed by atoms with E-state index in [2.05, 4.69) is 69.0 Å². The van der Waals surface area contributed by atoms with E-state index >= 15 is 0 Å². The Bertz CT molecular complexity index is 828. The lowest BCUT2D eigenvalue weighted by Crippen LogP contribution is -2.36. The molecule has 3 rings (SSSR count). The van der Waals surface area contributed by atoms with Crippen molar-refractivity contribution < 1.29 is 0 Å². The minimum Gasteiger partial charge on any atom is -0.352 e. The summed E-state index contributed by atoms with van der Waals surface area (Å²) < 4.78 is 1.82. The third-order valence-electron chi connectivity index (χ3n) is 3.71. The molecule has 0 radical (unpaired) electrons. The molecule has 0 aliphatic heterocycles. The van der Waals surface area contributed by atoms with E-state index in [9.17, 15) is 0 Å². The fourth-order valence-corrected chi connectivity index (χ4v) is 3.33. The molecule has 2 aromatic heterocycles. The molecular formula is C18H23IN6S. The van der Waals surface area contributed by atoms with Gasteiger partial charge in [-0.2, -0.15) is 5.10 Å². The van der Waals surface area contributed by atoms with Crippen LogP contribution >= 0.6 is 35.3 Å². The predicted molar refractivity (Wildman–Crippen MR) is 117 cm³/mol. The van der Waals surface area contributed by atoms with Crippen LogP contribution in [0.3, 0.4) is 0 Å². The molecule has 0 spiro atoms. The molecule has 6 nitrogen and oxygen atoms in total. The Balaban J connectivity index is 0.00000243. The Morgan fingerprint density at radius 2 is 1.96 bits per heavy atom. The maximum Gasteiger partial charge on any atom is 0.191 e. The summed E-state index contributed by atoms with van der Waals surface area (Å²) in [6, 6.07) is 12.7. The van der Waals surface area contributed by atoms with Gasteiger partial charge in [0, 0.05) is 23.3 Å². The van der Waals surface area contributed by atoms with Crippen LogP contribution in [0, 0.1) is 6.92 Å². The molecule has 26 heavy (non-hydrogen) atoms. The average molecular weight is 482 g/mol. The number of aromatic nitrogens is 3. The number of hydrogen-bond acceptors (Lipinski definition) is 4. The Hall–Kier alpha value is -1.94. The summed E-state index contributed by atoms with van der Waals surface area (Å²) in [7, 11) is 1.79. The van der Waals surface area contributed by atoms with E-state index in [0.29, 0.717) is 6.54 Å². The van der Waals surface area contributed by atoms with Gasteiger partial charge in [-0.05, 0) is 30.2 Å². The molecule has 2 N–H and O–H groups in total. The molecule has 1 aromatic carbocycles. The second-order valence-electron chi connectivity index (χ2n) is 5.70. The number of aliphatic imine (C=N–C) groups is 1. The molecule has 0 aliphatic rings. The Morgan fingerprint density at radius 1 is 1.15 bits per heavy atom. The highest BCUT2D eigenvalue weighted by Gasteiger charge is 2.02. The molecule has 0 bridgehead atoms. The van der Waals surface area contributed by atoms with Gasteiger partial charge in [-0.15, -0.1) is 35.3 Å². The third kappa shape index (κ3) is 6.10. The van der Waals surface area contributed by atoms with Crippen molar-refractivity contribution in [2.24, 2.45) is 4.99 Å². The summed E-state index contributed by atoms with van der Waals surface area (Å²) in [6.45, 7) is 4.34. The topological polar surface area (TPSA) is 67.1 Å². The van der Waals surface area contributed by atoms with E-state index in [1.165, 1.54) is 20.9 Å². The number of thiophene rings is 1. The van der Waals surface area contributed by atoms with Crippen LogP contribution in [0.25, 0.3) is 0 Å². The van der Waals surface area contributed by atoms with Gasteiger partial charge in [0.2, 0.25) is 0 Å². The van der Waals surface area contributed by atoms with Gasteiger partial charge < -0.3 is 10.6 Å². The van der Waals surface area contributed by atoms with Crippen molar-refractivity contribution in [2.45, 2.75) is 26.6 Å². The molecular weight excluding hydrogens is 459 g/mol. The number of nitrogens with zero attached hydrogens (tertiary/aromatic N) is 4. The van der Waals surface area contributed by atoms with E-state index in [1.807, 2.05) is 4.68 Å². The van der Waals surface area contributed by atoms with Gasteiger partial charge in [0.15, 0.2) is 5.96 Å². The van der Waals surface area contributed by atoms with E-state index < -0.39 is 0 Å². The predicted octanol–water partition coefficient (Wildman–Crippen LogP) is 3.18. The third-order valence-corrected chi connectivity index (χ3v) is 4.71. The lowest BCUT2D eigenvalue weighted by atomic mass is 10.1. The normalized spacial score (nSPS) is 11.1. The molecule has 2 heterocycles. The van der Waals surface area contributed by atoms with Crippen molar-refractivity contribution in [3.05, 3.63) is 69.9 Å². The minimum absolute atomic E-state index is 0. The number of rotatable bonds is 6. The van der Waals surface area contributed by atoms with Crippen molar-refractivity contribution in [1.29, 1.82) is 0 Å². The standard InChI is InChI=1S/C18H22N6S.HI/c1-14-6-7-17(25-14)10-22-18(19-2)21-9-15-4-3-5-16(8-15)11-24-13-20-12-23-24;/h3-8,12-13H,9-11H2,1-2H3,(H2,19,21,22);1H. The lowest BCUT2D eigenvalue weighted by Gasteiger charge is -2.12. The Kier molecular flexibility index (Phi) is 8.05. The second kappa shape index (κ2) is 10.3. The van der Waals surface area contributed by atoms with Crippen LogP contribution in [0.2, 0.25) is 0 Å². The van der Waals surface area contributed by atoms with Crippen molar-refractivity contribution in [1.82, 2.24) is 25.4 Å². The SMILES string of the molecule is CN=C(NCc1cccc(Cn2cncn2)c1)NCc1ccc(C)s1.I. The van der Waals surface area contributed by atoms with Crippen LogP contribution in [0.5, 0.6) is 0 Å². The number of halogens is 1. The number of nitrogens with one attached hydrogen (secondary N) is 2. The first-order valence-electron chi connectivity index (χ1n) is 8.13. The maximum atomic E-state index is 4.28. The van der Waals surface area contributed by atoms with Gasteiger partial charge in [0.1, 0.15) is 12.7 Å². The molecule has 0 saturated heterocycles. The first kappa shape index (κ1) is 20.4. The number of guanidine groups is 1. The molecule has 0 fully saturated rings. The molecule has 138 valence electrons. The number of aryl methyl sites for hydroxylation is 1. The average Bonchev–Trinajstić information content (AvgIpc) is 3.27. The zero-order valence-electron chi connectivity index (χ0n) is 14.8. The van der Waals surface area contributed by atoms with Gasteiger partial charge in [0.05, 0.1) is 13.1 Å². The number of hydrogen-bond donors (Lipinski definition) is 2. The molecule has 0 amide bonds. The molecule has 0 atom stereocenters. The van der Waals surface area contributed by atoms with Crippen LogP contribution in [0.1, 0.15) is 20.9 Å². The summed E-state index contributed by atoms with van der Waals surface area (Å²) in [5, 5.41) is 10.9. The summed E-state index contributed by atoms with van der Waals surface area (Å²) >= 11 is 1.80. The molecule has 3 aromatic rings. The second-order valence-corrected chi connectivity index (χ2v) is 7.08. The molecule has 0 aliphatic carbocycles. The minimum atomic E-state index is 0. The first-order valence-corrected chi connectivity index (χ1v) is 8.94. The summed E-state index contributed by atoms with van der Waals surface area (Å²) in [5.41, 5.74) is 2.40. The van der Waals surface area contributed by atoms with Crippen LogP contribution in [0.4, 0.5) is 0 Å². The quantitative estimate of drug-likeness (QED) is 0.322. The van der Waals surface area contributed by atoms with Gasteiger partial charge in [-0.25, -0.2) is 9.67 Å². The van der Waals surface area contributed by atoms with Crippen molar-refractivity contribution >= 4 is 41.3 Å². The fraction of sp³-hybridized carbons (Fsp3) is 0.278. The Labute approximate surface area is 174 Å². The van der Waals surface area contributed by atoms with Crippen molar-refractivity contribution in [3.8, 4) is 0 Å². The van der Waals surface area contributed by atoms with E-state index in [4.69, 9.17) is 0 Å².